The van der Waals surface area contributed by atoms with Gasteiger partial charge >= 0.3 is 5.97 Å². The molecule has 26 heavy (non-hydrogen) atoms. The van der Waals surface area contributed by atoms with E-state index < -0.39 is 5.97 Å². The van der Waals surface area contributed by atoms with E-state index >= 15 is 0 Å². The van der Waals surface area contributed by atoms with Crippen molar-refractivity contribution in [1.82, 2.24) is 29.4 Å². The molecule has 4 rings (SSSR count). The smallest absolute Gasteiger partial charge is 0.325 e. The SMILES string of the molecule is CCCCc1nc2nn(CC(=O)O)cc2c2nc(-c3ccccc3)nn12. The molecular weight excluding hydrogens is 332 g/mol. The van der Waals surface area contributed by atoms with Gasteiger partial charge in [-0.1, -0.05) is 43.7 Å². The third-order valence-electron chi connectivity index (χ3n) is 4.15. The summed E-state index contributed by atoms with van der Waals surface area (Å²) < 4.78 is 3.13. The minimum Gasteiger partial charge on any atom is -0.480 e. The summed E-state index contributed by atoms with van der Waals surface area (Å²) in [5.41, 5.74) is 2.07. The molecule has 1 aromatic carbocycles. The minimum atomic E-state index is -0.952. The van der Waals surface area contributed by atoms with E-state index in [1.807, 2.05) is 30.3 Å². The summed E-state index contributed by atoms with van der Waals surface area (Å²) >= 11 is 0. The molecule has 1 N–H and O–H groups in total. The van der Waals surface area contributed by atoms with Crippen molar-refractivity contribution in [2.75, 3.05) is 0 Å². The number of rotatable bonds is 6. The van der Waals surface area contributed by atoms with Crippen LogP contribution in [0.25, 0.3) is 28.1 Å². The molecule has 0 bridgehead atoms. The Morgan fingerprint density at radius 2 is 1.96 bits per heavy atom. The Labute approximate surface area is 149 Å². The lowest BCUT2D eigenvalue weighted by Crippen LogP contribution is -2.08. The van der Waals surface area contributed by atoms with Crippen LogP contribution in [-0.4, -0.2) is 40.4 Å². The average molecular weight is 350 g/mol. The first kappa shape index (κ1) is 16.2. The lowest BCUT2D eigenvalue weighted by Gasteiger charge is -2.02. The van der Waals surface area contributed by atoms with Gasteiger partial charge < -0.3 is 5.11 Å². The highest BCUT2D eigenvalue weighted by Gasteiger charge is 2.17. The van der Waals surface area contributed by atoms with E-state index in [2.05, 4.69) is 27.1 Å². The Hall–Kier alpha value is -3.29. The van der Waals surface area contributed by atoms with E-state index in [0.29, 0.717) is 22.5 Å². The minimum absolute atomic E-state index is 0.216. The van der Waals surface area contributed by atoms with Crippen LogP contribution in [0, 0.1) is 0 Å². The third-order valence-corrected chi connectivity index (χ3v) is 4.15. The Morgan fingerprint density at radius 1 is 1.15 bits per heavy atom. The molecule has 8 heteroatoms. The highest BCUT2D eigenvalue weighted by Crippen LogP contribution is 2.22. The Morgan fingerprint density at radius 3 is 2.69 bits per heavy atom. The highest BCUT2D eigenvalue weighted by atomic mass is 16.4. The number of unbranched alkanes of at least 4 members (excludes halogenated alkanes) is 1. The molecule has 0 spiro atoms. The van der Waals surface area contributed by atoms with Crippen molar-refractivity contribution in [3.05, 3.63) is 42.4 Å². The van der Waals surface area contributed by atoms with E-state index in [1.165, 1.54) is 4.68 Å². The first-order valence-electron chi connectivity index (χ1n) is 8.55. The number of carboxylic acids is 1. The number of benzene rings is 1. The number of carbonyl (C=O) groups is 1. The maximum absolute atomic E-state index is 11.0. The van der Waals surface area contributed by atoms with Gasteiger partial charge in [-0.05, 0) is 6.42 Å². The van der Waals surface area contributed by atoms with Crippen LogP contribution in [0.15, 0.2) is 36.5 Å². The molecule has 0 aliphatic rings. The summed E-state index contributed by atoms with van der Waals surface area (Å²) in [6, 6.07) is 9.75. The second-order valence-corrected chi connectivity index (χ2v) is 6.13. The molecule has 0 fully saturated rings. The second-order valence-electron chi connectivity index (χ2n) is 6.13. The molecule has 3 aromatic heterocycles. The van der Waals surface area contributed by atoms with Gasteiger partial charge in [0.15, 0.2) is 17.1 Å². The van der Waals surface area contributed by atoms with Crippen molar-refractivity contribution in [3.63, 3.8) is 0 Å². The quantitative estimate of drug-likeness (QED) is 0.574. The van der Waals surface area contributed by atoms with Crippen molar-refractivity contribution in [1.29, 1.82) is 0 Å². The molecule has 4 aromatic rings. The van der Waals surface area contributed by atoms with E-state index in [1.54, 1.807) is 10.7 Å². The molecule has 132 valence electrons. The lowest BCUT2D eigenvalue weighted by molar-refractivity contribution is -0.137. The van der Waals surface area contributed by atoms with Crippen molar-refractivity contribution in [3.8, 4) is 11.4 Å². The van der Waals surface area contributed by atoms with Crippen molar-refractivity contribution < 1.29 is 9.90 Å². The van der Waals surface area contributed by atoms with Crippen LogP contribution in [0.1, 0.15) is 25.6 Å². The number of aliphatic carboxylic acids is 1. The van der Waals surface area contributed by atoms with E-state index in [0.717, 1.165) is 30.7 Å². The van der Waals surface area contributed by atoms with Gasteiger partial charge in [-0.15, -0.1) is 5.10 Å². The number of carboxylic acid groups (broad SMARTS) is 1. The fraction of sp³-hybridized carbons (Fsp3) is 0.278. The van der Waals surface area contributed by atoms with Gasteiger partial charge in [-0.2, -0.15) is 9.61 Å². The van der Waals surface area contributed by atoms with Crippen LogP contribution in [0.2, 0.25) is 0 Å². The summed E-state index contributed by atoms with van der Waals surface area (Å²) in [6.45, 7) is 1.90. The zero-order chi connectivity index (χ0) is 18.1. The predicted molar refractivity (Wildman–Crippen MR) is 95.8 cm³/mol. The molecule has 0 radical (unpaired) electrons. The molecule has 3 heterocycles. The van der Waals surface area contributed by atoms with Gasteiger partial charge in [0.1, 0.15) is 12.4 Å². The standard InChI is InChI=1S/C18H18N6O2/c1-2-3-9-14-19-17-13(10-23(21-17)11-15(25)26)18-20-16(22-24(14)18)12-7-5-4-6-8-12/h4-8,10H,2-3,9,11H2,1H3,(H,25,26). The molecule has 0 amide bonds. The molecule has 0 aliphatic carbocycles. The Kier molecular flexibility index (Phi) is 4.08. The topological polar surface area (TPSA) is 98.2 Å². The number of aromatic nitrogens is 6. The average Bonchev–Trinajstić information content (AvgIpc) is 3.23. The summed E-state index contributed by atoms with van der Waals surface area (Å²) in [7, 11) is 0. The summed E-state index contributed by atoms with van der Waals surface area (Å²) in [5.74, 6) is 0.444. The number of fused-ring (bicyclic) bond motifs is 3. The Balaban J connectivity index is 1.92. The van der Waals surface area contributed by atoms with Crippen LogP contribution >= 0.6 is 0 Å². The summed E-state index contributed by atoms with van der Waals surface area (Å²) in [4.78, 5) is 20.3. The first-order chi connectivity index (χ1) is 12.7. The van der Waals surface area contributed by atoms with Gasteiger partial charge in [-0.25, -0.2) is 9.97 Å². The van der Waals surface area contributed by atoms with Crippen LogP contribution in [-0.2, 0) is 17.8 Å². The predicted octanol–water partition coefficient (Wildman–Crippen LogP) is 2.57. The number of aryl methyl sites for hydroxylation is 1. The van der Waals surface area contributed by atoms with Crippen molar-refractivity contribution in [2.45, 2.75) is 32.7 Å². The molecule has 0 saturated heterocycles. The molecule has 0 unspecified atom stereocenters. The maximum atomic E-state index is 11.0. The number of nitrogens with zero attached hydrogens (tertiary/aromatic N) is 6. The number of hydrogen-bond acceptors (Lipinski definition) is 5. The van der Waals surface area contributed by atoms with E-state index in [-0.39, 0.29) is 6.54 Å². The lowest BCUT2D eigenvalue weighted by atomic mass is 10.2. The summed E-state index contributed by atoms with van der Waals surface area (Å²) in [5, 5.41) is 18.7. The third kappa shape index (κ3) is 2.90. The first-order valence-corrected chi connectivity index (χ1v) is 8.55. The van der Waals surface area contributed by atoms with Crippen LogP contribution in [0.4, 0.5) is 0 Å². The van der Waals surface area contributed by atoms with Gasteiger partial charge in [0.25, 0.3) is 0 Å². The van der Waals surface area contributed by atoms with Crippen molar-refractivity contribution in [2.24, 2.45) is 0 Å². The van der Waals surface area contributed by atoms with Crippen LogP contribution in [0.3, 0.4) is 0 Å². The maximum Gasteiger partial charge on any atom is 0.325 e. The second kappa shape index (κ2) is 6.55. The fourth-order valence-electron chi connectivity index (χ4n) is 2.91. The molecular formula is C18H18N6O2. The summed E-state index contributed by atoms with van der Waals surface area (Å²) in [6.07, 6.45) is 4.43. The molecule has 0 saturated carbocycles. The normalized spacial score (nSPS) is 11.4. The van der Waals surface area contributed by atoms with Gasteiger partial charge in [-0.3, -0.25) is 9.48 Å². The largest absolute Gasteiger partial charge is 0.480 e. The highest BCUT2D eigenvalue weighted by molar-refractivity contribution is 5.89. The zero-order valence-corrected chi connectivity index (χ0v) is 14.3. The van der Waals surface area contributed by atoms with Crippen molar-refractivity contribution >= 4 is 22.6 Å². The molecule has 0 aliphatic heterocycles. The molecule has 0 atom stereocenters. The zero-order valence-electron chi connectivity index (χ0n) is 14.3. The Bertz CT molecular complexity index is 1080. The molecule has 8 nitrogen and oxygen atoms in total. The van der Waals surface area contributed by atoms with Crippen LogP contribution in [0.5, 0.6) is 0 Å². The number of hydrogen-bond donors (Lipinski definition) is 1. The fourth-order valence-corrected chi connectivity index (χ4v) is 2.91. The van der Waals surface area contributed by atoms with Gasteiger partial charge in [0.2, 0.25) is 0 Å². The van der Waals surface area contributed by atoms with Crippen LogP contribution < -0.4 is 0 Å². The van der Waals surface area contributed by atoms with Gasteiger partial charge in [0, 0.05) is 18.2 Å². The van der Waals surface area contributed by atoms with Gasteiger partial charge in [0.05, 0.1) is 5.39 Å². The van der Waals surface area contributed by atoms with E-state index in [9.17, 15) is 4.79 Å². The monoisotopic (exact) mass is 350 g/mol. The van der Waals surface area contributed by atoms with E-state index in [4.69, 9.17) is 5.11 Å².